The van der Waals surface area contributed by atoms with E-state index in [4.69, 9.17) is 16.3 Å². The second-order valence-electron chi connectivity index (χ2n) is 8.48. The largest absolute Gasteiger partial charge is 0.505 e. The van der Waals surface area contributed by atoms with E-state index in [2.05, 4.69) is 15.5 Å². The van der Waals surface area contributed by atoms with Crippen molar-refractivity contribution in [2.45, 2.75) is 6.04 Å². The van der Waals surface area contributed by atoms with Crippen LogP contribution in [-0.2, 0) is 4.74 Å². The van der Waals surface area contributed by atoms with Gasteiger partial charge in [0, 0.05) is 26.2 Å². The van der Waals surface area contributed by atoms with Crippen LogP contribution in [0, 0.1) is 5.82 Å². The lowest BCUT2D eigenvalue weighted by Gasteiger charge is -2.43. The number of morpholine rings is 1. The van der Waals surface area contributed by atoms with Crippen LogP contribution >= 0.6 is 11.6 Å². The highest BCUT2D eigenvalue weighted by atomic mass is 35.5. The molecular weight excluding hydrogens is 479 g/mol. The van der Waals surface area contributed by atoms with Crippen LogP contribution in [0.15, 0.2) is 46.0 Å². The number of nitrogens with one attached hydrogen (secondary N) is 2. The number of anilines is 4. The average Bonchev–Trinajstić information content (AvgIpc) is 2.88. The summed E-state index contributed by atoms with van der Waals surface area (Å²) in [6.45, 7) is 3.78. The summed E-state index contributed by atoms with van der Waals surface area (Å²) >= 11 is 5.94. The topological polar surface area (TPSA) is 111 Å². The van der Waals surface area contributed by atoms with Gasteiger partial charge in [0.15, 0.2) is 5.75 Å². The summed E-state index contributed by atoms with van der Waals surface area (Å²) in [7, 11) is 0. The van der Waals surface area contributed by atoms with E-state index in [1.54, 1.807) is 11.0 Å². The van der Waals surface area contributed by atoms with Crippen LogP contribution in [-0.4, -0.2) is 66.2 Å². The first-order chi connectivity index (χ1) is 16.8. The van der Waals surface area contributed by atoms with Crippen molar-refractivity contribution < 1.29 is 19.0 Å². The molecule has 0 spiro atoms. The predicted octanol–water partition coefficient (Wildman–Crippen LogP) is 2.42. The molecule has 2 aliphatic heterocycles. The third kappa shape index (κ3) is 4.24. The smallest absolute Gasteiger partial charge is 0.257 e. The molecule has 0 bridgehead atoms. The maximum absolute atomic E-state index is 13.8. The third-order valence-electron chi connectivity index (χ3n) is 6.37. The zero-order valence-electron chi connectivity index (χ0n) is 18.5. The van der Waals surface area contributed by atoms with Gasteiger partial charge < -0.3 is 25.4 Å². The number of carbonyl (C=O) groups excluding carboxylic acids is 1. The first kappa shape index (κ1) is 23.3. The lowest BCUT2D eigenvalue weighted by Crippen LogP contribution is -2.59. The van der Waals surface area contributed by atoms with Crippen LogP contribution in [0.5, 0.6) is 5.75 Å². The molecule has 0 aliphatic carbocycles. The Morgan fingerprint density at radius 2 is 1.71 bits per heavy atom. The summed E-state index contributed by atoms with van der Waals surface area (Å²) < 4.78 is 19.3. The number of phenolic OH excluding ortho intramolecular Hbond substituents is 1. The van der Waals surface area contributed by atoms with E-state index in [1.807, 2.05) is 0 Å². The summed E-state index contributed by atoms with van der Waals surface area (Å²) in [4.78, 5) is 41.6. The van der Waals surface area contributed by atoms with Gasteiger partial charge in [-0.2, -0.15) is 0 Å². The van der Waals surface area contributed by atoms with Crippen LogP contribution in [0.1, 0.15) is 10.4 Å². The van der Waals surface area contributed by atoms with E-state index in [0.29, 0.717) is 26.3 Å². The van der Waals surface area contributed by atoms with E-state index in [-0.39, 0.29) is 51.0 Å². The Bertz CT molecular complexity index is 1370. The van der Waals surface area contributed by atoms with Crippen LogP contribution in [0.2, 0.25) is 5.02 Å². The number of nitrogens with zero attached hydrogens (tertiary/aromatic N) is 2. The molecule has 0 radical (unpaired) electrons. The quantitative estimate of drug-likeness (QED) is 0.362. The third-order valence-corrected chi connectivity index (χ3v) is 6.76. The molecule has 2 saturated heterocycles. The fourth-order valence-corrected chi connectivity index (χ4v) is 4.59. The minimum absolute atomic E-state index is 0.0709. The average molecular weight is 501 g/mol. The Labute approximate surface area is 204 Å². The lowest BCUT2D eigenvalue weighted by molar-refractivity contribution is -0.0395. The molecule has 35 heavy (non-hydrogen) atoms. The fourth-order valence-electron chi connectivity index (χ4n) is 4.42. The fraction of sp³-hybridized carbons (Fsp3) is 0.292. The van der Waals surface area contributed by atoms with Gasteiger partial charge in [-0.25, -0.2) is 4.39 Å². The Morgan fingerprint density at radius 3 is 2.49 bits per heavy atom. The Hall–Kier alpha value is -3.47. The number of halogens is 2. The van der Waals surface area contributed by atoms with Gasteiger partial charge in [-0.15, -0.1) is 0 Å². The highest BCUT2D eigenvalue weighted by molar-refractivity contribution is 6.33. The summed E-state index contributed by atoms with van der Waals surface area (Å²) in [5.41, 5.74) is -1.61. The zero-order valence-corrected chi connectivity index (χ0v) is 19.3. The van der Waals surface area contributed by atoms with Crippen molar-refractivity contribution in [1.29, 1.82) is 0 Å². The van der Waals surface area contributed by atoms with Crippen molar-refractivity contribution in [1.82, 2.24) is 9.80 Å². The SMILES string of the molecule is O=C(c1cccc(Nc2c(Nc3cccc(F)c3Cl)c(=O)c2=O)c1O)N1CCN2CCOCC2C1. The van der Waals surface area contributed by atoms with Gasteiger partial charge in [0.25, 0.3) is 16.8 Å². The Morgan fingerprint density at radius 1 is 1.03 bits per heavy atom. The first-order valence-corrected chi connectivity index (χ1v) is 11.5. The molecule has 2 fully saturated rings. The molecular formula is C24H22ClFN4O5. The second kappa shape index (κ2) is 9.29. The van der Waals surface area contributed by atoms with Crippen molar-refractivity contribution in [2.24, 2.45) is 0 Å². The van der Waals surface area contributed by atoms with Crippen molar-refractivity contribution in [3.63, 3.8) is 0 Å². The number of carbonyl (C=O) groups is 1. The minimum Gasteiger partial charge on any atom is -0.505 e. The van der Waals surface area contributed by atoms with E-state index in [0.717, 1.165) is 19.2 Å². The number of amides is 1. The lowest BCUT2D eigenvalue weighted by atomic mass is 10.1. The minimum atomic E-state index is -0.815. The maximum Gasteiger partial charge on any atom is 0.257 e. The normalized spacial score (nSPS) is 18.3. The highest BCUT2D eigenvalue weighted by Gasteiger charge is 2.33. The molecule has 9 nitrogen and oxygen atoms in total. The van der Waals surface area contributed by atoms with Gasteiger partial charge in [-0.1, -0.05) is 23.7 Å². The first-order valence-electron chi connectivity index (χ1n) is 11.1. The molecule has 1 amide bonds. The van der Waals surface area contributed by atoms with Crippen LogP contribution in [0.4, 0.5) is 27.1 Å². The zero-order chi connectivity index (χ0) is 24.7. The van der Waals surface area contributed by atoms with Gasteiger partial charge in [0.05, 0.1) is 41.2 Å². The molecule has 3 N–H and O–H groups in total. The number of fused-ring (bicyclic) bond motifs is 1. The molecule has 2 heterocycles. The number of piperazine rings is 1. The Kier molecular flexibility index (Phi) is 6.18. The van der Waals surface area contributed by atoms with E-state index in [9.17, 15) is 23.9 Å². The Balaban J connectivity index is 1.37. The summed E-state index contributed by atoms with van der Waals surface area (Å²) in [6.07, 6.45) is 0. The molecule has 11 heteroatoms. The van der Waals surface area contributed by atoms with E-state index >= 15 is 0 Å². The van der Waals surface area contributed by atoms with E-state index in [1.165, 1.54) is 24.3 Å². The number of benzene rings is 2. The standard InChI is InChI=1S/C24H22ClFN4O5/c25-18-15(26)4-2-5-16(18)27-19-20(23(33)22(19)32)28-17-6-1-3-14(21(17)31)24(34)30-8-7-29-9-10-35-12-13(29)11-30/h1-6,13,27-28,31H,7-12H2. The van der Waals surface area contributed by atoms with E-state index < -0.39 is 16.7 Å². The second-order valence-corrected chi connectivity index (χ2v) is 8.86. The van der Waals surface area contributed by atoms with Gasteiger partial charge in [0.1, 0.15) is 17.2 Å². The van der Waals surface area contributed by atoms with Crippen molar-refractivity contribution in [2.75, 3.05) is 50.0 Å². The van der Waals surface area contributed by atoms with Crippen LogP contribution in [0.25, 0.3) is 0 Å². The van der Waals surface area contributed by atoms with Gasteiger partial charge in [-0.05, 0) is 24.3 Å². The van der Waals surface area contributed by atoms with Crippen LogP contribution < -0.4 is 21.5 Å². The molecule has 0 aromatic heterocycles. The monoisotopic (exact) mass is 500 g/mol. The number of hydrogen-bond donors (Lipinski definition) is 3. The van der Waals surface area contributed by atoms with Gasteiger partial charge in [-0.3, -0.25) is 19.3 Å². The van der Waals surface area contributed by atoms with Crippen molar-refractivity contribution in [3.05, 3.63) is 73.2 Å². The van der Waals surface area contributed by atoms with Crippen molar-refractivity contribution in [3.8, 4) is 5.75 Å². The van der Waals surface area contributed by atoms with Crippen molar-refractivity contribution >= 4 is 40.3 Å². The molecule has 3 aromatic carbocycles. The highest BCUT2D eigenvalue weighted by Crippen LogP contribution is 2.34. The number of phenols is 1. The number of para-hydroxylation sites is 1. The summed E-state index contributed by atoms with van der Waals surface area (Å²) in [5.74, 6) is -1.37. The maximum atomic E-state index is 13.8. The number of ether oxygens (including phenoxy) is 1. The summed E-state index contributed by atoms with van der Waals surface area (Å²) in [5, 5.41) is 16.0. The molecule has 1 atom stereocenters. The van der Waals surface area contributed by atoms with Gasteiger partial charge in [0.2, 0.25) is 0 Å². The molecule has 1 unspecified atom stereocenters. The summed E-state index contributed by atoms with van der Waals surface area (Å²) in [6, 6.07) is 8.68. The molecule has 2 aliphatic rings. The van der Waals surface area contributed by atoms with Crippen LogP contribution in [0.3, 0.4) is 0 Å². The molecule has 3 aromatic rings. The number of rotatable bonds is 5. The van der Waals surface area contributed by atoms with Gasteiger partial charge >= 0.3 is 0 Å². The number of hydrogen-bond acceptors (Lipinski definition) is 8. The molecule has 5 rings (SSSR count). The number of aromatic hydroxyl groups is 1. The molecule has 182 valence electrons. The molecule has 0 saturated carbocycles. The predicted molar refractivity (Wildman–Crippen MR) is 130 cm³/mol.